The first kappa shape index (κ1) is 12.9. The number of rotatable bonds is 2. The van der Waals surface area contributed by atoms with E-state index in [1.807, 2.05) is 19.9 Å². The van der Waals surface area contributed by atoms with Gasteiger partial charge in [-0.25, -0.2) is 13.9 Å². The highest BCUT2D eigenvalue weighted by Gasteiger charge is 2.11. The maximum absolute atomic E-state index is 13.3. The van der Waals surface area contributed by atoms with Gasteiger partial charge in [-0.3, -0.25) is 5.10 Å². The number of nitrogens with zero attached hydrogens (tertiary/aromatic N) is 3. The monoisotopic (exact) mass is 288 g/mol. The summed E-state index contributed by atoms with van der Waals surface area (Å²) in [6.07, 6.45) is 0.622. The van der Waals surface area contributed by atoms with Gasteiger partial charge in [0.2, 0.25) is 4.77 Å². The summed E-state index contributed by atoms with van der Waals surface area (Å²) in [5.41, 5.74) is 3.83. The Morgan fingerprint density at radius 2 is 2.10 bits per heavy atom. The quantitative estimate of drug-likeness (QED) is 0.737. The van der Waals surface area contributed by atoms with Gasteiger partial charge in [0.15, 0.2) is 0 Å². The summed E-state index contributed by atoms with van der Waals surface area (Å²) in [5, 5.41) is 2.98. The minimum Gasteiger partial charge on any atom is -0.265 e. The fourth-order valence-electron chi connectivity index (χ4n) is 2.34. The number of hydrogen-bond acceptors (Lipinski definition) is 3. The second-order valence-corrected chi connectivity index (χ2v) is 5.12. The Morgan fingerprint density at radius 3 is 2.85 bits per heavy atom. The van der Waals surface area contributed by atoms with E-state index in [2.05, 4.69) is 15.1 Å². The molecule has 2 heterocycles. The molecule has 4 nitrogen and oxygen atoms in total. The van der Waals surface area contributed by atoms with Crippen LogP contribution in [-0.2, 0) is 6.42 Å². The smallest absolute Gasteiger partial charge is 0.252 e. The number of aromatic nitrogens is 4. The van der Waals surface area contributed by atoms with Crippen LogP contribution in [0.1, 0.15) is 22.5 Å². The zero-order valence-electron chi connectivity index (χ0n) is 11.1. The lowest BCUT2D eigenvalue weighted by Gasteiger charge is -2.11. The normalized spacial score (nSPS) is 11.2. The van der Waals surface area contributed by atoms with E-state index in [-0.39, 0.29) is 5.82 Å². The molecular formula is C14H13FN4S. The van der Waals surface area contributed by atoms with Crippen LogP contribution in [0.3, 0.4) is 0 Å². The standard InChI is InChI=1S/C14H13FN4S/c1-8-12(7-10-4-3-5-11(15)6-10)9(2)19-13(16-8)17-14(20)18-19/h3-6H,7H2,1-2H3,(H,18,20). The fraction of sp³-hybridized carbons (Fsp3) is 0.214. The van der Waals surface area contributed by atoms with E-state index in [1.54, 1.807) is 16.6 Å². The van der Waals surface area contributed by atoms with Gasteiger partial charge in [-0.15, -0.1) is 0 Å². The third-order valence-electron chi connectivity index (χ3n) is 3.36. The zero-order chi connectivity index (χ0) is 14.3. The van der Waals surface area contributed by atoms with Gasteiger partial charge in [0.05, 0.1) is 0 Å². The van der Waals surface area contributed by atoms with E-state index in [4.69, 9.17) is 12.2 Å². The minimum atomic E-state index is -0.228. The molecule has 0 unspecified atom stereocenters. The van der Waals surface area contributed by atoms with E-state index in [0.29, 0.717) is 17.0 Å². The van der Waals surface area contributed by atoms with Crippen molar-refractivity contribution in [2.24, 2.45) is 0 Å². The topological polar surface area (TPSA) is 46.0 Å². The highest BCUT2D eigenvalue weighted by Crippen LogP contribution is 2.18. The van der Waals surface area contributed by atoms with Crippen LogP contribution in [0.15, 0.2) is 24.3 Å². The summed E-state index contributed by atoms with van der Waals surface area (Å²) < 4.78 is 15.4. The largest absolute Gasteiger partial charge is 0.265 e. The van der Waals surface area contributed by atoms with Crippen LogP contribution in [0.25, 0.3) is 5.78 Å². The Hall–Kier alpha value is -2.08. The molecule has 0 aliphatic carbocycles. The predicted molar refractivity (Wildman–Crippen MR) is 76.9 cm³/mol. The van der Waals surface area contributed by atoms with Crippen LogP contribution in [0.4, 0.5) is 4.39 Å². The molecule has 0 amide bonds. The van der Waals surface area contributed by atoms with Crippen molar-refractivity contribution < 1.29 is 4.39 Å². The fourth-order valence-corrected chi connectivity index (χ4v) is 2.51. The Labute approximate surface area is 120 Å². The number of nitrogens with one attached hydrogen (secondary N) is 1. The molecule has 1 N–H and O–H groups in total. The molecular weight excluding hydrogens is 275 g/mol. The second kappa shape index (κ2) is 4.79. The van der Waals surface area contributed by atoms with Crippen LogP contribution in [0, 0.1) is 24.4 Å². The summed E-state index contributed by atoms with van der Waals surface area (Å²) in [7, 11) is 0. The van der Waals surface area contributed by atoms with E-state index in [1.165, 1.54) is 6.07 Å². The Kier molecular flexibility index (Phi) is 3.10. The van der Waals surface area contributed by atoms with Crippen LogP contribution < -0.4 is 0 Å². The summed E-state index contributed by atoms with van der Waals surface area (Å²) >= 11 is 5.03. The first-order valence-corrected chi connectivity index (χ1v) is 6.65. The average molecular weight is 288 g/mol. The summed E-state index contributed by atoms with van der Waals surface area (Å²) in [6, 6.07) is 6.60. The van der Waals surface area contributed by atoms with Crippen LogP contribution >= 0.6 is 12.2 Å². The van der Waals surface area contributed by atoms with Gasteiger partial charge in [-0.2, -0.15) is 4.98 Å². The molecule has 0 saturated carbocycles. The first-order chi connectivity index (χ1) is 9.54. The van der Waals surface area contributed by atoms with Gasteiger partial charge in [0.1, 0.15) is 5.82 Å². The predicted octanol–water partition coefficient (Wildman–Crippen LogP) is 3.13. The molecule has 6 heteroatoms. The molecule has 1 aromatic carbocycles. The maximum atomic E-state index is 13.3. The van der Waals surface area contributed by atoms with Crippen molar-refractivity contribution in [3.8, 4) is 0 Å². The van der Waals surface area contributed by atoms with E-state index in [9.17, 15) is 4.39 Å². The third kappa shape index (κ3) is 2.22. The molecule has 0 bridgehead atoms. The van der Waals surface area contributed by atoms with E-state index in [0.717, 1.165) is 22.5 Å². The molecule has 3 aromatic rings. The van der Waals surface area contributed by atoms with Crippen LogP contribution in [0.2, 0.25) is 0 Å². The summed E-state index contributed by atoms with van der Waals surface area (Å²) in [6.45, 7) is 3.91. The van der Waals surface area contributed by atoms with E-state index >= 15 is 0 Å². The average Bonchev–Trinajstić information content (AvgIpc) is 2.75. The molecule has 3 rings (SSSR count). The number of aryl methyl sites for hydroxylation is 2. The van der Waals surface area contributed by atoms with Gasteiger partial charge >= 0.3 is 0 Å². The second-order valence-electron chi connectivity index (χ2n) is 4.73. The lowest BCUT2D eigenvalue weighted by molar-refractivity contribution is 0.626. The number of halogens is 1. The van der Waals surface area contributed by atoms with Gasteiger partial charge in [-0.1, -0.05) is 12.1 Å². The molecule has 102 valence electrons. The highest BCUT2D eigenvalue weighted by atomic mass is 32.1. The highest BCUT2D eigenvalue weighted by molar-refractivity contribution is 7.71. The van der Waals surface area contributed by atoms with Crippen molar-refractivity contribution in [1.82, 2.24) is 19.6 Å². The van der Waals surface area contributed by atoms with Crippen molar-refractivity contribution in [3.05, 3.63) is 57.4 Å². The zero-order valence-corrected chi connectivity index (χ0v) is 12.0. The van der Waals surface area contributed by atoms with Gasteiger partial charge in [0.25, 0.3) is 5.78 Å². The molecule has 0 saturated heterocycles. The molecule has 0 spiro atoms. The lowest BCUT2D eigenvalue weighted by Crippen LogP contribution is -2.06. The van der Waals surface area contributed by atoms with Crippen molar-refractivity contribution in [2.45, 2.75) is 20.3 Å². The minimum absolute atomic E-state index is 0.228. The molecule has 0 aliphatic heterocycles. The molecule has 2 aromatic heterocycles. The molecule has 0 fully saturated rings. The van der Waals surface area contributed by atoms with Gasteiger partial charge in [0, 0.05) is 17.8 Å². The van der Waals surface area contributed by atoms with Crippen LogP contribution in [0.5, 0.6) is 0 Å². The van der Waals surface area contributed by atoms with Crippen molar-refractivity contribution in [1.29, 1.82) is 0 Å². The third-order valence-corrected chi connectivity index (χ3v) is 3.54. The number of H-pyrrole nitrogens is 1. The van der Waals surface area contributed by atoms with Crippen molar-refractivity contribution in [2.75, 3.05) is 0 Å². The summed E-state index contributed by atoms with van der Waals surface area (Å²) in [5.74, 6) is 0.335. The molecule has 0 aliphatic rings. The summed E-state index contributed by atoms with van der Waals surface area (Å²) in [4.78, 5) is 8.58. The van der Waals surface area contributed by atoms with Gasteiger partial charge in [-0.05, 0) is 49.3 Å². The molecule has 0 atom stereocenters. The number of hydrogen-bond donors (Lipinski definition) is 1. The Bertz CT molecular complexity index is 850. The van der Waals surface area contributed by atoms with E-state index < -0.39 is 0 Å². The molecule has 0 radical (unpaired) electrons. The van der Waals surface area contributed by atoms with Crippen molar-refractivity contribution >= 4 is 18.0 Å². The lowest BCUT2D eigenvalue weighted by atomic mass is 10.0. The molecule has 20 heavy (non-hydrogen) atoms. The SMILES string of the molecule is Cc1nc2nc(=S)[nH]n2c(C)c1Cc1cccc(F)c1. The number of benzene rings is 1. The van der Waals surface area contributed by atoms with Crippen LogP contribution in [-0.4, -0.2) is 19.6 Å². The Morgan fingerprint density at radius 1 is 1.30 bits per heavy atom. The Balaban J connectivity index is 2.13. The number of aromatic amines is 1. The van der Waals surface area contributed by atoms with Crippen molar-refractivity contribution in [3.63, 3.8) is 0 Å². The first-order valence-electron chi connectivity index (χ1n) is 6.24. The number of fused-ring (bicyclic) bond motifs is 1. The van der Waals surface area contributed by atoms with Gasteiger partial charge < -0.3 is 0 Å². The maximum Gasteiger partial charge on any atom is 0.252 e.